The summed E-state index contributed by atoms with van der Waals surface area (Å²) in [5.41, 5.74) is 3.48. The number of thiazole rings is 1. The maximum Gasteiger partial charge on any atom is 0.313 e. The first-order valence-corrected chi connectivity index (χ1v) is 7.07. The van der Waals surface area contributed by atoms with E-state index < -0.39 is 5.97 Å². The van der Waals surface area contributed by atoms with E-state index in [1.165, 1.54) is 16.0 Å². The standard InChI is InChI=1S/C10H7N5O2S2/c16-9(17)4-18-10-12-13-14-15(10)6-1-2-7-8(3-6)19-5-11-7/h1-3,5H,4H2,(H,16,17). The van der Waals surface area contributed by atoms with Crippen molar-refractivity contribution in [3.05, 3.63) is 23.7 Å². The van der Waals surface area contributed by atoms with Gasteiger partial charge >= 0.3 is 5.97 Å². The molecule has 0 aliphatic carbocycles. The Morgan fingerprint density at radius 1 is 1.47 bits per heavy atom. The van der Waals surface area contributed by atoms with Crippen LogP contribution in [-0.4, -0.2) is 42.0 Å². The lowest BCUT2D eigenvalue weighted by Crippen LogP contribution is -2.02. The minimum atomic E-state index is -0.905. The zero-order valence-electron chi connectivity index (χ0n) is 9.42. The number of rotatable bonds is 4. The van der Waals surface area contributed by atoms with Gasteiger partial charge in [-0.05, 0) is 28.6 Å². The van der Waals surface area contributed by atoms with Gasteiger partial charge in [-0.15, -0.1) is 16.4 Å². The van der Waals surface area contributed by atoms with E-state index >= 15 is 0 Å². The number of tetrazole rings is 1. The number of carbonyl (C=O) groups is 1. The van der Waals surface area contributed by atoms with Crippen LogP contribution in [0, 0.1) is 0 Å². The number of thioether (sulfide) groups is 1. The number of nitrogens with zero attached hydrogens (tertiary/aromatic N) is 5. The Hall–Kier alpha value is -2.00. The minimum absolute atomic E-state index is 0.0802. The van der Waals surface area contributed by atoms with Crippen molar-refractivity contribution in [3.63, 3.8) is 0 Å². The summed E-state index contributed by atoms with van der Waals surface area (Å²) in [7, 11) is 0. The van der Waals surface area contributed by atoms with Crippen LogP contribution in [0.4, 0.5) is 0 Å². The first kappa shape index (κ1) is 12.1. The second kappa shape index (κ2) is 4.94. The number of carboxylic acids is 1. The molecule has 2 aromatic heterocycles. The highest BCUT2D eigenvalue weighted by molar-refractivity contribution is 7.99. The first-order valence-electron chi connectivity index (χ1n) is 5.20. The van der Waals surface area contributed by atoms with Crippen LogP contribution >= 0.6 is 23.1 Å². The highest BCUT2D eigenvalue weighted by Crippen LogP contribution is 2.23. The molecule has 2 heterocycles. The van der Waals surface area contributed by atoms with Crippen molar-refractivity contribution in [2.45, 2.75) is 5.16 Å². The fraction of sp³-hybridized carbons (Fsp3) is 0.100. The number of benzene rings is 1. The molecular formula is C10H7N5O2S2. The highest BCUT2D eigenvalue weighted by atomic mass is 32.2. The van der Waals surface area contributed by atoms with E-state index in [-0.39, 0.29) is 5.75 Å². The van der Waals surface area contributed by atoms with E-state index in [9.17, 15) is 4.79 Å². The lowest BCUT2D eigenvalue weighted by molar-refractivity contribution is -0.133. The van der Waals surface area contributed by atoms with Crippen LogP contribution in [0.25, 0.3) is 15.9 Å². The quantitative estimate of drug-likeness (QED) is 0.727. The van der Waals surface area contributed by atoms with Crippen molar-refractivity contribution in [2.75, 3.05) is 5.75 Å². The second-order valence-corrected chi connectivity index (χ2v) is 5.39. The smallest absolute Gasteiger partial charge is 0.313 e. The van der Waals surface area contributed by atoms with Crippen LogP contribution in [0.15, 0.2) is 28.9 Å². The summed E-state index contributed by atoms with van der Waals surface area (Å²) >= 11 is 2.61. The molecule has 0 aliphatic heterocycles. The van der Waals surface area contributed by atoms with Gasteiger partial charge in [0.25, 0.3) is 0 Å². The molecule has 0 amide bonds. The van der Waals surface area contributed by atoms with Gasteiger partial charge in [0.05, 0.1) is 27.2 Å². The Morgan fingerprint density at radius 3 is 3.21 bits per heavy atom. The van der Waals surface area contributed by atoms with Crippen LogP contribution in [0.1, 0.15) is 0 Å². The minimum Gasteiger partial charge on any atom is -0.481 e. The van der Waals surface area contributed by atoms with Crippen molar-refractivity contribution in [2.24, 2.45) is 0 Å². The molecule has 0 saturated carbocycles. The van der Waals surface area contributed by atoms with E-state index in [0.717, 1.165) is 27.7 Å². The molecule has 96 valence electrons. The fourth-order valence-electron chi connectivity index (χ4n) is 1.53. The normalized spacial score (nSPS) is 10.9. The number of carboxylic acid groups (broad SMARTS) is 1. The first-order chi connectivity index (χ1) is 9.24. The number of aliphatic carboxylic acids is 1. The van der Waals surface area contributed by atoms with Crippen molar-refractivity contribution < 1.29 is 9.90 Å². The van der Waals surface area contributed by atoms with Crippen molar-refractivity contribution in [1.82, 2.24) is 25.2 Å². The molecule has 9 heteroatoms. The van der Waals surface area contributed by atoms with Crippen molar-refractivity contribution in [1.29, 1.82) is 0 Å². The van der Waals surface area contributed by atoms with E-state index in [1.54, 1.807) is 5.51 Å². The molecule has 3 aromatic rings. The summed E-state index contributed by atoms with van der Waals surface area (Å²) in [6, 6.07) is 5.66. The van der Waals surface area contributed by atoms with Crippen LogP contribution in [0.5, 0.6) is 0 Å². The van der Waals surface area contributed by atoms with Gasteiger partial charge in [-0.25, -0.2) is 4.98 Å². The van der Waals surface area contributed by atoms with Gasteiger partial charge in [-0.3, -0.25) is 4.79 Å². The van der Waals surface area contributed by atoms with Gasteiger partial charge in [0.1, 0.15) is 0 Å². The molecule has 19 heavy (non-hydrogen) atoms. The van der Waals surface area contributed by atoms with Gasteiger partial charge in [0.15, 0.2) is 0 Å². The third-order valence-corrected chi connectivity index (χ3v) is 4.02. The van der Waals surface area contributed by atoms with Crippen LogP contribution in [0.2, 0.25) is 0 Å². The number of aromatic nitrogens is 5. The van der Waals surface area contributed by atoms with Crippen LogP contribution < -0.4 is 0 Å². The average molecular weight is 293 g/mol. The number of hydrogen-bond donors (Lipinski definition) is 1. The summed E-state index contributed by atoms with van der Waals surface area (Å²) in [5.74, 6) is -0.985. The summed E-state index contributed by atoms with van der Waals surface area (Å²) in [5, 5.41) is 20.4. The van der Waals surface area contributed by atoms with E-state index in [2.05, 4.69) is 20.5 Å². The van der Waals surface area contributed by atoms with Gasteiger partial charge in [0, 0.05) is 0 Å². The summed E-state index contributed by atoms with van der Waals surface area (Å²) < 4.78 is 2.55. The maximum absolute atomic E-state index is 10.6. The summed E-state index contributed by atoms with van der Waals surface area (Å²) in [6.07, 6.45) is 0. The zero-order chi connectivity index (χ0) is 13.2. The molecule has 0 saturated heterocycles. The Kier molecular flexibility index (Phi) is 3.13. The molecule has 0 aliphatic rings. The Bertz CT molecular complexity index is 738. The van der Waals surface area contributed by atoms with E-state index in [1.807, 2.05) is 18.2 Å². The average Bonchev–Trinajstić information content (AvgIpc) is 3.04. The largest absolute Gasteiger partial charge is 0.481 e. The Balaban J connectivity index is 1.96. The molecule has 0 spiro atoms. The van der Waals surface area contributed by atoms with E-state index in [4.69, 9.17) is 5.11 Å². The van der Waals surface area contributed by atoms with Crippen molar-refractivity contribution in [3.8, 4) is 5.69 Å². The fourth-order valence-corrected chi connectivity index (χ4v) is 2.85. The summed E-state index contributed by atoms with van der Waals surface area (Å²) in [6.45, 7) is 0. The van der Waals surface area contributed by atoms with Gasteiger partial charge in [-0.2, -0.15) is 4.68 Å². The molecule has 7 nitrogen and oxygen atoms in total. The monoisotopic (exact) mass is 293 g/mol. The van der Waals surface area contributed by atoms with E-state index in [0.29, 0.717) is 5.16 Å². The predicted octanol–water partition coefficient (Wildman–Crippen LogP) is 1.45. The van der Waals surface area contributed by atoms with Crippen LogP contribution in [-0.2, 0) is 4.79 Å². The number of hydrogen-bond acceptors (Lipinski definition) is 7. The third-order valence-electron chi connectivity index (χ3n) is 2.33. The predicted molar refractivity (Wildman–Crippen MR) is 70.7 cm³/mol. The SMILES string of the molecule is O=C(O)CSc1nnnn1-c1ccc2ncsc2c1. The lowest BCUT2D eigenvalue weighted by Gasteiger charge is -2.02. The number of fused-ring (bicyclic) bond motifs is 1. The molecular weight excluding hydrogens is 286 g/mol. The second-order valence-electron chi connectivity index (χ2n) is 3.56. The maximum atomic E-state index is 10.6. The highest BCUT2D eigenvalue weighted by Gasteiger charge is 2.11. The van der Waals surface area contributed by atoms with Gasteiger partial charge in [-0.1, -0.05) is 11.8 Å². The molecule has 0 bridgehead atoms. The van der Waals surface area contributed by atoms with Crippen molar-refractivity contribution >= 4 is 39.3 Å². The van der Waals surface area contributed by atoms with Gasteiger partial charge in [0.2, 0.25) is 5.16 Å². The third kappa shape index (κ3) is 2.42. The zero-order valence-corrected chi connectivity index (χ0v) is 11.1. The molecule has 0 radical (unpaired) electrons. The lowest BCUT2D eigenvalue weighted by atomic mass is 10.3. The Morgan fingerprint density at radius 2 is 2.37 bits per heavy atom. The van der Waals surface area contributed by atoms with Crippen LogP contribution in [0.3, 0.4) is 0 Å². The molecule has 1 N–H and O–H groups in total. The summed E-state index contributed by atoms with van der Waals surface area (Å²) in [4.78, 5) is 14.8. The molecule has 0 atom stereocenters. The molecule has 1 aromatic carbocycles. The Labute approximate surface area is 115 Å². The molecule has 0 fully saturated rings. The molecule has 0 unspecified atom stereocenters. The van der Waals surface area contributed by atoms with Gasteiger partial charge < -0.3 is 5.11 Å². The molecule has 3 rings (SSSR count). The topological polar surface area (TPSA) is 93.8 Å².